The Balaban J connectivity index is 2.15. The molecule has 2 heteroatoms. The summed E-state index contributed by atoms with van der Waals surface area (Å²) in [6.45, 7) is 3.89. The van der Waals surface area contributed by atoms with Crippen LogP contribution < -0.4 is 11.3 Å². The Morgan fingerprint density at radius 2 is 1.82 bits per heavy atom. The minimum atomic E-state index is 0.747. The topological polar surface area (TPSA) is 38.0 Å². The quantitative estimate of drug-likeness (QED) is 0.517. The summed E-state index contributed by atoms with van der Waals surface area (Å²) in [6.07, 6.45) is 1.02. The van der Waals surface area contributed by atoms with Gasteiger partial charge in [-0.2, -0.15) is 0 Å². The fourth-order valence-electron chi connectivity index (χ4n) is 2.39. The van der Waals surface area contributed by atoms with Crippen LogP contribution in [0, 0.1) is 0 Å². The molecule has 0 radical (unpaired) electrons. The molecule has 3 rings (SSSR count). The van der Waals surface area contributed by atoms with Gasteiger partial charge in [-0.1, -0.05) is 43.0 Å². The van der Waals surface area contributed by atoms with Crippen molar-refractivity contribution in [2.75, 3.05) is 0 Å². The molecular formula is C15H14N2. The van der Waals surface area contributed by atoms with Crippen molar-refractivity contribution in [1.29, 1.82) is 0 Å². The maximum atomic E-state index is 5.39. The van der Waals surface area contributed by atoms with Gasteiger partial charge >= 0.3 is 0 Å². The summed E-state index contributed by atoms with van der Waals surface area (Å²) in [6, 6.07) is 14.9. The van der Waals surface area contributed by atoms with Crippen molar-refractivity contribution in [2.45, 2.75) is 6.42 Å². The number of hydrogen-bond donors (Lipinski definition) is 2. The standard InChI is InChI=1S/C15H14N2/c1-10(17-16)11-6-7-13-8-12-4-2-3-5-14(12)15(13)9-11/h2-7,9,17H,1,8,16H2. The average Bonchev–Trinajstić information content (AvgIpc) is 2.75. The molecule has 17 heavy (non-hydrogen) atoms. The lowest BCUT2D eigenvalue weighted by Crippen LogP contribution is -2.19. The highest BCUT2D eigenvalue weighted by atomic mass is 15.2. The van der Waals surface area contributed by atoms with Gasteiger partial charge in [0.1, 0.15) is 0 Å². The summed E-state index contributed by atoms with van der Waals surface area (Å²) in [5, 5.41) is 0. The van der Waals surface area contributed by atoms with Gasteiger partial charge in [-0.05, 0) is 40.3 Å². The molecule has 2 nitrogen and oxygen atoms in total. The number of hydrazine groups is 1. The third kappa shape index (κ3) is 1.54. The zero-order chi connectivity index (χ0) is 11.8. The van der Waals surface area contributed by atoms with E-state index in [0.717, 1.165) is 17.7 Å². The second-order valence-electron chi connectivity index (χ2n) is 4.33. The average molecular weight is 222 g/mol. The smallest absolute Gasteiger partial charge is 0.0485 e. The molecule has 0 aliphatic heterocycles. The van der Waals surface area contributed by atoms with Crippen LogP contribution in [0.15, 0.2) is 49.0 Å². The van der Waals surface area contributed by atoms with E-state index in [0.29, 0.717) is 0 Å². The lowest BCUT2D eigenvalue weighted by molar-refractivity contribution is 0.995. The number of benzene rings is 2. The molecule has 0 aromatic heterocycles. The number of hydrogen-bond acceptors (Lipinski definition) is 2. The number of nitrogens with one attached hydrogen (secondary N) is 1. The molecular weight excluding hydrogens is 208 g/mol. The normalized spacial score (nSPS) is 11.8. The van der Waals surface area contributed by atoms with E-state index >= 15 is 0 Å². The van der Waals surface area contributed by atoms with Crippen molar-refractivity contribution in [3.8, 4) is 11.1 Å². The van der Waals surface area contributed by atoms with Crippen LogP contribution >= 0.6 is 0 Å². The fraction of sp³-hybridized carbons (Fsp3) is 0.0667. The van der Waals surface area contributed by atoms with Crippen molar-refractivity contribution >= 4 is 5.70 Å². The summed E-state index contributed by atoms with van der Waals surface area (Å²) in [4.78, 5) is 0. The number of fused-ring (bicyclic) bond motifs is 3. The molecule has 0 saturated carbocycles. The van der Waals surface area contributed by atoms with Gasteiger partial charge in [-0.25, -0.2) is 0 Å². The van der Waals surface area contributed by atoms with Gasteiger partial charge in [0.2, 0.25) is 0 Å². The number of nitrogens with two attached hydrogens (primary N) is 1. The molecule has 84 valence electrons. The Labute approximate surface area is 101 Å². The highest BCUT2D eigenvalue weighted by molar-refractivity contribution is 5.79. The first-order valence-electron chi connectivity index (χ1n) is 5.66. The molecule has 0 bridgehead atoms. The molecule has 0 heterocycles. The van der Waals surface area contributed by atoms with Crippen LogP contribution in [-0.2, 0) is 6.42 Å². The van der Waals surface area contributed by atoms with Gasteiger partial charge in [0.05, 0.1) is 0 Å². The Morgan fingerprint density at radius 1 is 1.06 bits per heavy atom. The van der Waals surface area contributed by atoms with E-state index in [1.807, 2.05) is 0 Å². The monoisotopic (exact) mass is 222 g/mol. The van der Waals surface area contributed by atoms with Crippen LogP contribution in [0.5, 0.6) is 0 Å². The summed E-state index contributed by atoms with van der Waals surface area (Å²) in [7, 11) is 0. The van der Waals surface area contributed by atoms with Gasteiger partial charge in [0.15, 0.2) is 0 Å². The Bertz CT molecular complexity index is 600. The second-order valence-corrected chi connectivity index (χ2v) is 4.33. The summed E-state index contributed by atoms with van der Waals surface area (Å²) in [5.41, 5.74) is 9.79. The summed E-state index contributed by atoms with van der Waals surface area (Å²) >= 11 is 0. The summed E-state index contributed by atoms with van der Waals surface area (Å²) in [5.74, 6) is 5.39. The lowest BCUT2D eigenvalue weighted by Gasteiger charge is -2.07. The Kier molecular flexibility index (Phi) is 2.23. The van der Waals surface area contributed by atoms with Gasteiger partial charge in [0, 0.05) is 5.70 Å². The maximum Gasteiger partial charge on any atom is 0.0485 e. The molecule has 0 fully saturated rings. The SMILES string of the molecule is C=C(NN)c1ccc2c(c1)-c1ccccc1C2. The van der Waals surface area contributed by atoms with E-state index < -0.39 is 0 Å². The largest absolute Gasteiger partial charge is 0.324 e. The molecule has 2 aromatic rings. The molecule has 1 aliphatic carbocycles. The molecule has 3 N–H and O–H groups in total. The van der Waals surface area contributed by atoms with E-state index in [1.54, 1.807) is 0 Å². The van der Waals surface area contributed by atoms with E-state index in [4.69, 9.17) is 5.84 Å². The van der Waals surface area contributed by atoms with Gasteiger partial charge in [-0.3, -0.25) is 5.84 Å². The van der Waals surface area contributed by atoms with Crippen molar-refractivity contribution in [2.24, 2.45) is 5.84 Å². The van der Waals surface area contributed by atoms with Crippen LogP contribution in [-0.4, -0.2) is 0 Å². The molecule has 2 aromatic carbocycles. The molecule has 0 amide bonds. The Hall–Kier alpha value is -2.06. The molecule has 0 saturated heterocycles. The zero-order valence-corrected chi connectivity index (χ0v) is 9.53. The van der Waals surface area contributed by atoms with Crippen LogP contribution in [0.1, 0.15) is 16.7 Å². The highest BCUT2D eigenvalue weighted by Gasteiger charge is 2.17. The number of rotatable bonds is 2. The molecule has 0 unspecified atom stereocenters. The molecule has 0 atom stereocenters. The van der Waals surface area contributed by atoms with Crippen molar-refractivity contribution in [1.82, 2.24) is 5.43 Å². The van der Waals surface area contributed by atoms with Crippen molar-refractivity contribution in [3.63, 3.8) is 0 Å². The first-order valence-corrected chi connectivity index (χ1v) is 5.66. The first kappa shape index (κ1) is 10.1. The third-order valence-corrected chi connectivity index (χ3v) is 3.32. The van der Waals surface area contributed by atoms with Gasteiger partial charge in [-0.15, -0.1) is 0 Å². The highest BCUT2D eigenvalue weighted by Crippen LogP contribution is 2.37. The maximum absolute atomic E-state index is 5.39. The van der Waals surface area contributed by atoms with Gasteiger partial charge in [0.25, 0.3) is 0 Å². The minimum Gasteiger partial charge on any atom is -0.324 e. The van der Waals surface area contributed by atoms with E-state index in [-0.39, 0.29) is 0 Å². The third-order valence-electron chi connectivity index (χ3n) is 3.32. The predicted octanol–water partition coefficient (Wildman–Crippen LogP) is 2.69. The van der Waals surface area contributed by atoms with Crippen molar-refractivity contribution in [3.05, 3.63) is 65.7 Å². The first-order chi connectivity index (χ1) is 8.29. The summed E-state index contributed by atoms with van der Waals surface area (Å²) < 4.78 is 0. The molecule has 1 aliphatic rings. The molecule has 0 spiro atoms. The van der Waals surface area contributed by atoms with Crippen LogP contribution in [0.2, 0.25) is 0 Å². The van der Waals surface area contributed by atoms with Crippen LogP contribution in [0.4, 0.5) is 0 Å². The predicted molar refractivity (Wildman–Crippen MR) is 71.0 cm³/mol. The van der Waals surface area contributed by atoms with E-state index in [1.165, 1.54) is 22.3 Å². The van der Waals surface area contributed by atoms with Gasteiger partial charge < -0.3 is 5.43 Å². The second kappa shape index (κ2) is 3.75. The lowest BCUT2D eigenvalue weighted by atomic mass is 10.0. The van der Waals surface area contributed by atoms with Crippen molar-refractivity contribution < 1.29 is 0 Å². The van der Waals surface area contributed by atoms with E-state index in [2.05, 4.69) is 54.5 Å². The zero-order valence-electron chi connectivity index (χ0n) is 9.53. The van der Waals surface area contributed by atoms with Crippen LogP contribution in [0.3, 0.4) is 0 Å². The minimum absolute atomic E-state index is 0.747. The Morgan fingerprint density at radius 3 is 2.65 bits per heavy atom. The van der Waals surface area contributed by atoms with Crippen LogP contribution in [0.25, 0.3) is 16.8 Å². The van der Waals surface area contributed by atoms with E-state index in [9.17, 15) is 0 Å². The fourth-order valence-corrected chi connectivity index (χ4v) is 2.39.